The van der Waals surface area contributed by atoms with E-state index in [1.807, 2.05) is 0 Å². The molecule has 1 aliphatic heterocycles. The first-order valence-corrected chi connectivity index (χ1v) is 13.2. The standard InChI is InChI=1S/C27H30FNO4S/c1-19(2)17-27(31)13-15-29(16-14-27)26(30)21-9-7-20(8-10-21)18-34(32,33)25-12-11-24(28)22-5-3-4-6-23(22)25/h3-12,19,31H,13-18H2,1-2H3. The molecule has 3 aromatic carbocycles. The van der Waals surface area contributed by atoms with E-state index in [4.69, 9.17) is 0 Å². The van der Waals surface area contributed by atoms with E-state index in [0.29, 0.717) is 48.4 Å². The second kappa shape index (κ2) is 9.47. The Morgan fingerprint density at radius 1 is 1.00 bits per heavy atom. The number of fused-ring (bicyclic) bond motifs is 1. The van der Waals surface area contributed by atoms with Crippen LogP contribution in [0, 0.1) is 11.7 Å². The van der Waals surface area contributed by atoms with Crippen molar-refractivity contribution in [2.45, 2.75) is 49.4 Å². The Bertz CT molecular complexity index is 1290. The maximum atomic E-state index is 14.1. The summed E-state index contributed by atoms with van der Waals surface area (Å²) in [6.07, 6.45) is 1.83. The summed E-state index contributed by atoms with van der Waals surface area (Å²) in [5.41, 5.74) is 0.325. The minimum absolute atomic E-state index is 0.0897. The van der Waals surface area contributed by atoms with Crippen LogP contribution in [0.4, 0.5) is 4.39 Å². The molecule has 4 rings (SSSR count). The van der Waals surface area contributed by atoms with Crippen molar-refractivity contribution >= 4 is 26.5 Å². The van der Waals surface area contributed by atoms with E-state index in [0.717, 1.165) is 6.42 Å². The molecule has 0 atom stereocenters. The minimum Gasteiger partial charge on any atom is -0.390 e. The molecular weight excluding hydrogens is 453 g/mol. The molecule has 0 bridgehead atoms. The van der Waals surface area contributed by atoms with Crippen LogP contribution in [-0.4, -0.2) is 43.0 Å². The Morgan fingerprint density at radius 2 is 1.62 bits per heavy atom. The van der Waals surface area contributed by atoms with Gasteiger partial charge < -0.3 is 10.0 Å². The van der Waals surface area contributed by atoms with Gasteiger partial charge in [0, 0.05) is 29.4 Å². The number of carbonyl (C=O) groups excluding carboxylic acids is 1. The van der Waals surface area contributed by atoms with Crippen LogP contribution in [-0.2, 0) is 15.6 Å². The van der Waals surface area contributed by atoms with Gasteiger partial charge in [-0.2, -0.15) is 0 Å². The normalized spacial score (nSPS) is 16.2. The van der Waals surface area contributed by atoms with Crippen molar-refractivity contribution in [3.63, 3.8) is 0 Å². The fourth-order valence-electron chi connectivity index (χ4n) is 4.82. The molecule has 1 amide bonds. The number of rotatable bonds is 6. The third-order valence-corrected chi connectivity index (χ3v) is 8.23. The topological polar surface area (TPSA) is 74.7 Å². The zero-order valence-corrected chi connectivity index (χ0v) is 20.3. The highest BCUT2D eigenvalue weighted by Gasteiger charge is 2.34. The molecule has 34 heavy (non-hydrogen) atoms. The molecule has 1 fully saturated rings. The second-order valence-electron chi connectivity index (χ2n) is 9.66. The summed E-state index contributed by atoms with van der Waals surface area (Å²) in [6.45, 7) is 5.15. The molecule has 0 unspecified atom stereocenters. The van der Waals surface area contributed by atoms with Gasteiger partial charge in [0.15, 0.2) is 9.84 Å². The largest absolute Gasteiger partial charge is 0.390 e. The number of nitrogens with zero attached hydrogens (tertiary/aromatic N) is 1. The predicted octanol–water partition coefficient (Wildman–Crippen LogP) is 4.97. The van der Waals surface area contributed by atoms with E-state index in [-0.39, 0.29) is 21.9 Å². The second-order valence-corrected chi connectivity index (χ2v) is 11.6. The highest BCUT2D eigenvalue weighted by Crippen LogP contribution is 2.30. The van der Waals surface area contributed by atoms with E-state index in [1.165, 1.54) is 12.1 Å². The van der Waals surface area contributed by atoms with Gasteiger partial charge in [-0.25, -0.2) is 12.8 Å². The van der Waals surface area contributed by atoms with E-state index >= 15 is 0 Å². The first-order chi connectivity index (χ1) is 16.1. The summed E-state index contributed by atoms with van der Waals surface area (Å²) in [7, 11) is -3.72. The Kier molecular flexibility index (Phi) is 6.78. The Hall–Kier alpha value is -2.77. The van der Waals surface area contributed by atoms with Crippen molar-refractivity contribution in [3.8, 4) is 0 Å². The fourth-order valence-corrected chi connectivity index (χ4v) is 6.39. The summed E-state index contributed by atoms with van der Waals surface area (Å²) < 4.78 is 40.3. The quantitative estimate of drug-likeness (QED) is 0.503. The molecule has 0 spiro atoms. The molecule has 0 aromatic heterocycles. The lowest BCUT2D eigenvalue weighted by Crippen LogP contribution is -2.47. The van der Waals surface area contributed by atoms with Crippen LogP contribution in [0.3, 0.4) is 0 Å². The molecular formula is C27H30FNO4S. The monoisotopic (exact) mass is 483 g/mol. The lowest BCUT2D eigenvalue weighted by molar-refractivity contribution is -0.0311. The van der Waals surface area contributed by atoms with Crippen molar-refractivity contribution in [1.82, 2.24) is 4.90 Å². The Balaban J connectivity index is 1.46. The van der Waals surface area contributed by atoms with Crippen molar-refractivity contribution in [1.29, 1.82) is 0 Å². The van der Waals surface area contributed by atoms with Gasteiger partial charge in [0.05, 0.1) is 16.2 Å². The van der Waals surface area contributed by atoms with Crippen molar-refractivity contribution in [2.75, 3.05) is 13.1 Å². The average molecular weight is 484 g/mol. The third kappa shape index (κ3) is 5.15. The summed E-state index contributed by atoms with van der Waals surface area (Å²) in [6, 6.07) is 15.6. The van der Waals surface area contributed by atoms with Gasteiger partial charge in [-0.3, -0.25) is 4.79 Å². The summed E-state index contributed by atoms with van der Waals surface area (Å²) in [5, 5.41) is 11.3. The maximum absolute atomic E-state index is 14.1. The van der Waals surface area contributed by atoms with Crippen LogP contribution in [0.15, 0.2) is 65.6 Å². The molecule has 180 valence electrons. The van der Waals surface area contributed by atoms with E-state index in [9.17, 15) is 22.7 Å². The van der Waals surface area contributed by atoms with Gasteiger partial charge in [0.1, 0.15) is 5.82 Å². The van der Waals surface area contributed by atoms with E-state index in [1.54, 1.807) is 53.4 Å². The van der Waals surface area contributed by atoms with Gasteiger partial charge >= 0.3 is 0 Å². The molecule has 1 saturated heterocycles. The highest BCUT2D eigenvalue weighted by molar-refractivity contribution is 7.90. The summed E-state index contributed by atoms with van der Waals surface area (Å²) in [5.74, 6) is -0.435. The molecule has 5 nitrogen and oxygen atoms in total. The smallest absolute Gasteiger partial charge is 0.253 e. The number of hydrogen-bond acceptors (Lipinski definition) is 4. The summed E-state index contributed by atoms with van der Waals surface area (Å²) >= 11 is 0. The van der Waals surface area contributed by atoms with Crippen LogP contribution < -0.4 is 0 Å². The number of benzene rings is 3. The van der Waals surface area contributed by atoms with Gasteiger partial charge in [-0.05, 0) is 55.0 Å². The van der Waals surface area contributed by atoms with Crippen LogP contribution in [0.1, 0.15) is 49.0 Å². The number of likely N-dealkylation sites (tertiary alicyclic amines) is 1. The highest BCUT2D eigenvalue weighted by atomic mass is 32.2. The number of carbonyl (C=O) groups is 1. The minimum atomic E-state index is -3.72. The lowest BCUT2D eigenvalue weighted by atomic mass is 9.84. The average Bonchev–Trinajstić information content (AvgIpc) is 2.79. The van der Waals surface area contributed by atoms with E-state index < -0.39 is 21.3 Å². The maximum Gasteiger partial charge on any atom is 0.253 e. The zero-order chi connectivity index (χ0) is 24.5. The zero-order valence-electron chi connectivity index (χ0n) is 19.5. The first kappa shape index (κ1) is 24.4. The van der Waals surface area contributed by atoms with Gasteiger partial charge in [0.25, 0.3) is 5.91 Å². The molecule has 0 saturated carbocycles. The number of hydrogen-bond donors (Lipinski definition) is 1. The van der Waals surface area contributed by atoms with Crippen LogP contribution >= 0.6 is 0 Å². The molecule has 1 N–H and O–H groups in total. The molecule has 7 heteroatoms. The van der Waals surface area contributed by atoms with Crippen molar-refractivity contribution < 1.29 is 22.7 Å². The molecule has 3 aromatic rings. The molecule has 0 aliphatic carbocycles. The summed E-state index contributed by atoms with van der Waals surface area (Å²) in [4.78, 5) is 14.8. The van der Waals surface area contributed by atoms with Crippen molar-refractivity contribution in [2.24, 2.45) is 5.92 Å². The molecule has 1 heterocycles. The Morgan fingerprint density at radius 3 is 2.24 bits per heavy atom. The number of halogens is 1. The first-order valence-electron chi connectivity index (χ1n) is 11.6. The predicted molar refractivity (Wildman–Crippen MR) is 131 cm³/mol. The van der Waals surface area contributed by atoms with E-state index in [2.05, 4.69) is 13.8 Å². The lowest BCUT2D eigenvalue weighted by Gasteiger charge is -2.39. The van der Waals surface area contributed by atoms with Crippen LogP contribution in [0.5, 0.6) is 0 Å². The number of piperidine rings is 1. The Labute approximate surface area is 200 Å². The number of amides is 1. The van der Waals surface area contributed by atoms with Crippen LogP contribution in [0.25, 0.3) is 10.8 Å². The van der Waals surface area contributed by atoms with Gasteiger partial charge in [-0.1, -0.05) is 50.2 Å². The van der Waals surface area contributed by atoms with Gasteiger partial charge in [-0.15, -0.1) is 0 Å². The molecule has 1 aliphatic rings. The third-order valence-electron chi connectivity index (χ3n) is 6.49. The number of aliphatic hydroxyl groups is 1. The number of sulfone groups is 1. The van der Waals surface area contributed by atoms with Crippen LogP contribution in [0.2, 0.25) is 0 Å². The fraction of sp³-hybridized carbons (Fsp3) is 0.370. The van der Waals surface area contributed by atoms with Crippen molar-refractivity contribution in [3.05, 3.63) is 77.6 Å². The SMILES string of the molecule is CC(C)CC1(O)CCN(C(=O)c2ccc(CS(=O)(=O)c3ccc(F)c4ccccc34)cc2)CC1. The molecule has 0 radical (unpaired) electrons. The van der Waals surface area contributed by atoms with Gasteiger partial charge in [0.2, 0.25) is 0 Å².